The van der Waals surface area contributed by atoms with Crippen LogP contribution in [0.1, 0.15) is 30.9 Å². The van der Waals surface area contributed by atoms with Gasteiger partial charge in [0.15, 0.2) is 0 Å². The van der Waals surface area contributed by atoms with E-state index in [2.05, 4.69) is 5.32 Å². The number of carbonyl (C=O) groups is 2. The summed E-state index contributed by atoms with van der Waals surface area (Å²) in [6.07, 6.45) is -4.08. The average Bonchev–Trinajstić information content (AvgIpc) is 2.95. The number of fused-ring (bicyclic) bond motifs is 1. The molecule has 1 amide bonds. The van der Waals surface area contributed by atoms with E-state index in [-0.39, 0.29) is 42.4 Å². The molecule has 1 aliphatic carbocycles. The van der Waals surface area contributed by atoms with Crippen molar-refractivity contribution in [1.29, 1.82) is 0 Å². The van der Waals surface area contributed by atoms with Gasteiger partial charge in [0.2, 0.25) is 5.91 Å². The molecule has 3 rings (SSSR count). The highest BCUT2D eigenvalue weighted by atomic mass is 19.4. The molecule has 1 saturated carbocycles. The Morgan fingerprint density at radius 2 is 1.86 bits per heavy atom. The molecule has 162 valence electrons. The molecule has 1 aromatic carbocycles. The van der Waals surface area contributed by atoms with Crippen LogP contribution in [0.25, 0.3) is 0 Å². The molecule has 10 heteroatoms. The lowest BCUT2D eigenvalue weighted by atomic mass is 9.77. The molecular weight excluding hydrogens is 396 g/mol. The Labute approximate surface area is 165 Å². The third-order valence-electron chi connectivity index (χ3n) is 5.37. The monoisotopic (exact) mass is 420 g/mol. The summed E-state index contributed by atoms with van der Waals surface area (Å²) in [5.41, 5.74) is -0.889. The van der Waals surface area contributed by atoms with Gasteiger partial charge in [0.05, 0.1) is 17.7 Å². The van der Waals surface area contributed by atoms with Crippen LogP contribution in [0.15, 0.2) is 18.2 Å². The average molecular weight is 420 g/mol. The second kappa shape index (κ2) is 9.53. The van der Waals surface area contributed by atoms with E-state index < -0.39 is 23.7 Å². The van der Waals surface area contributed by atoms with Crippen molar-refractivity contribution >= 4 is 12.4 Å². The molecule has 1 aliphatic heterocycles. The van der Waals surface area contributed by atoms with Gasteiger partial charge in [-0.05, 0) is 48.4 Å². The summed E-state index contributed by atoms with van der Waals surface area (Å²) >= 11 is 0. The summed E-state index contributed by atoms with van der Waals surface area (Å²) in [4.78, 5) is 21.5. The molecular formula is C19H24F4N2O4. The van der Waals surface area contributed by atoms with Gasteiger partial charge in [-0.3, -0.25) is 14.5 Å². The molecule has 4 atom stereocenters. The van der Waals surface area contributed by atoms with Gasteiger partial charge in [-0.25, -0.2) is 4.39 Å². The van der Waals surface area contributed by atoms with E-state index in [0.29, 0.717) is 25.9 Å². The number of hydrogen-bond acceptors (Lipinski definition) is 4. The third-order valence-corrected chi connectivity index (χ3v) is 5.37. The third kappa shape index (κ3) is 6.14. The molecule has 2 fully saturated rings. The summed E-state index contributed by atoms with van der Waals surface area (Å²) in [5, 5.41) is 19.8. The molecule has 0 unspecified atom stereocenters. The van der Waals surface area contributed by atoms with Crippen molar-refractivity contribution in [3.8, 4) is 0 Å². The summed E-state index contributed by atoms with van der Waals surface area (Å²) < 4.78 is 52.9. The number of hydrogen-bond donors (Lipinski definition) is 3. The Balaban J connectivity index is 0.000000941. The summed E-state index contributed by atoms with van der Waals surface area (Å²) in [5.74, 6) is -0.543. The highest BCUT2D eigenvalue weighted by molar-refractivity contribution is 5.73. The van der Waals surface area contributed by atoms with E-state index in [0.717, 1.165) is 18.2 Å². The lowest BCUT2D eigenvalue weighted by Crippen LogP contribution is -2.48. The molecule has 0 bridgehead atoms. The minimum atomic E-state index is -4.53. The minimum absolute atomic E-state index is 0.0144. The van der Waals surface area contributed by atoms with Crippen LogP contribution >= 0.6 is 0 Å². The number of rotatable bonds is 3. The molecule has 29 heavy (non-hydrogen) atoms. The number of nitrogens with zero attached hydrogens (tertiary/aromatic N) is 1. The number of alkyl halides is 3. The van der Waals surface area contributed by atoms with E-state index in [1.165, 1.54) is 6.92 Å². The second-order valence-electron chi connectivity index (χ2n) is 7.46. The van der Waals surface area contributed by atoms with Crippen LogP contribution in [-0.4, -0.2) is 52.7 Å². The maximum atomic E-state index is 13.5. The van der Waals surface area contributed by atoms with Gasteiger partial charge in [-0.2, -0.15) is 13.2 Å². The van der Waals surface area contributed by atoms with Crippen LogP contribution in [0.4, 0.5) is 17.6 Å². The van der Waals surface area contributed by atoms with Crippen molar-refractivity contribution < 1.29 is 37.4 Å². The molecule has 1 heterocycles. The van der Waals surface area contributed by atoms with Gasteiger partial charge in [0.1, 0.15) is 5.82 Å². The van der Waals surface area contributed by atoms with E-state index in [1.807, 2.05) is 4.90 Å². The number of carboxylic acid groups (broad SMARTS) is 1. The lowest BCUT2D eigenvalue weighted by molar-refractivity contribution is -0.138. The molecule has 6 nitrogen and oxygen atoms in total. The first kappa shape index (κ1) is 23.1. The van der Waals surface area contributed by atoms with Crippen LogP contribution in [0.2, 0.25) is 0 Å². The van der Waals surface area contributed by atoms with E-state index in [9.17, 15) is 27.5 Å². The van der Waals surface area contributed by atoms with Crippen molar-refractivity contribution in [2.24, 2.45) is 11.8 Å². The largest absolute Gasteiger partial charge is 0.483 e. The van der Waals surface area contributed by atoms with Gasteiger partial charge in [0, 0.05) is 26.6 Å². The number of likely N-dealkylation sites (tertiary alicyclic amines) is 1. The van der Waals surface area contributed by atoms with Gasteiger partial charge >= 0.3 is 6.18 Å². The number of amides is 1. The lowest BCUT2D eigenvalue weighted by Gasteiger charge is -2.35. The fourth-order valence-corrected chi connectivity index (χ4v) is 4.28. The van der Waals surface area contributed by atoms with Crippen molar-refractivity contribution in [3.05, 3.63) is 35.1 Å². The van der Waals surface area contributed by atoms with Crippen LogP contribution in [0.3, 0.4) is 0 Å². The van der Waals surface area contributed by atoms with E-state index in [4.69, 9.17) is 9.90 Å². The quantitative estimate of drug-likeness (QED) is 0.516. The second-order valence-corrected chi connectivity index (χ2v) is 7.46. The van der Waals surface area contributed by atoms with E-state index >= 15 is 0 Å². The number of aliphatic hydroxyl groups is 1. The predicted octanol–water partition coefficient (Wildman–Crippen LogP) is 2.25. The van der Waals surface area contributed by atoms with Crippen LogP contribution in [0.5, 0.6) is 0 Å². The highest BCUT2D eigenvalue weighted by Crippen LogP contribution is 2.38. The van der Waals surface area contributed by atoms with Crippen molar-refractivity contribution in [2.45, 2.75) is 44.6 Å². The first-order chi connectivity index (χ1) is 13.5. The van der Waals surface area contributed by atoms with Crippen LogP contribution < -0.4 is 5.32 Å². The molecule has 1 aromatic rings. The summed E-state index contributed by atoms with van der Waals surface area (Å²) in [7, 11) is 0. The van der Waals surface area contributed by atoms with Gasteiger partial charge in [-0.1, -0.05) is 0 Å². The van der Waals surface area contributed by atoms with Crippen LogP contribution in [0, 0.1) is 17.7 Å². The molecule has 1 saturated heterocycles. The van der Waals surface area contributed by atoms with Gasteiger partial charge in [0.25, 0.3) is 6.47 Å². The summed E-state index contributed by atoms with van der Waals surface area (Å²) in [6.45, 7) is 2.28. The van der Waals surface area contributed by atoms with Crippen molar-refractivity contribution in [2.75, 3.05) is 13.1 Å². The Morgan fingerprint density at radius 3 is 2.41 bits per heavy atom. The zero-order chi connectivity index (χ0) is 21.8. The fourth-order valence-electron chi connectivity index (χ4n) is 4.28. The van der Waals surface area contributed by atoms with Crippen molar-refractivity contribution in [3.63, 3.8) is 0 Å². The minimum Gasteiger partial charge on any atom is -0.483 e. The smallest absolute Gasteiger partial charge is 0.416 e. The van der Waals surface area contributed by atoms with Crippen LogP contribution in [-0.2, 0) is 22.3 Å². The maximum absolute atomic E-state index is 13.5. The Hall–Kier alpha value is -2.20. The highest BCUT2D eigenvalue weighted by Gasteiger charge is 2.42. The first-order valence-corrected chi connectivity index (χ1v) is 9.16. The number of benzene rings is 1. The Morgan fingerprint density at radius 1 is 1.28 bits per heavy atom. The maximum Gasteiger partial charge on any atom is 0.416 e. The van der Waals surface area contributed by atoms with E-state index in [1.54, 1.807) is 0 Å². The predicted molar refractivity (Wildman–Crippen MR) is 95.2 cm³/mol. The number of halogens is 4. The zero-order valence-electron chi connectivity index (χ0n) is 15.8. The topological polar surface area (TPSA) is 89.9 Å². The molecule has 0 radical (unpaired) electrons. The fraction of sp³-hybridized carbons (Fsp3) is 0.579. The molecule has 2 aliphatic rings. The normalized spacial score (nSPS) is 26.8. The molecule has 0 spiro atoms. The number of carbonyl (C=O) groups excluding carboxylic acids is 1. The zero-order valence-corrected chi connectivity index (χ0v) is 15.8. The van der Waals surface area contributed by atoms with Gasteiger partial charge < -0.3 is 15.5 Å². The number of aliphatic hydroxyl groups excluding tert-OH is 1. The Bertz CT molecular complexity index is 729. The Kier molecular flexibility index (Phi) is 7.59. The van der Waals surface area contributed by atoms with Gasteiger partial charge in [-0.15, -0.1) is 0 Å². The SMILES string of the molecule is CC(=O)N[C@@H]1C[C@@H]2CN(Cc3cc(F)ccc3C(F)(F)F)C[C@@H]2C[C@H]1O.O=CO. The standard InChI is InChI=1S/C18H22F4N2O2.CH2O2/c1-10(25)23-16-5-11-7-24(8-12(11)6-17(16)26)9-13-4-14(19)2-3-15(13)18(20,21)22;2-1-3/h2-4,11-12,16-17,26H,5-9H2,1H3,(H,23,25);1H,(H,2,3)/t11-,12+,16-,17-;/m1./s1. The van der Waals surface area contributed by atoms with Crippen molar-refractivity contribution in [1.82, 2.24) is 10.2 Å². The summed E-state index contributed by atoms with van der Waals surface area (Å²) in [6, 6.07) is 2.22. The molecule has 0 aromatic heterocycles. The first-order valence-electron chi connectivity index (χ1n) is 9.16. The molecule has 3 N–H and O–H groups in total. The number of nitrogens with one attached hydrogen (secondary N) is 1.